The number of carbonyl (C=O) groups excluding carboxylic acids is 1. The topological polar surface area (TPSA) is 44.8 Å². The molecule has 2 aromatic carbocycles. The molecule has 2 aliphatic heterocycles. The predicted molar refractivity (Wildman–Crippen MR) is 120 cm³/mol. The van der Waals surface area contributed by atoms with E-state index in [2.05, 4.69) is 39.4 Å². The molecule has 0 spiro atoms. The third kappa shape index (κ3) is 3.67. The number of fused-ring (bicyclic) bond motifs is 3. The number of anilines is 2. The van der Waals surface area contributed by atoms with Crippen molar-refractivity contribution in [1.82, 2.24) is 4.90 Å². The van der Waals surface area contributed by atoms with Crippen LogP contribution in [0, 0.1) is 5.92 Å². The van der Waals surface area contributed by atoms with E-state index >= 15 is 0 Å². The monoisotopic (exact) mass is 405 g/mol. The quantitative estimate of drug-likeness (QED) is 0.837. The lowest BCUT2D eigenvalue weighted by atomic mass is 9.83. The van der Waals surface area contributed by atoms with Crippen LogP contribution < -0.4 is 15.0 Å². The fourth-order valence-corrected chi connectivity index (χ4v) is 5.62. The fraction of sp³-hybridized carbons (Fsp3) is 0.480. The lowest BCUT2D eigenvalue weighted by Crippen LogP contribution is -2.61. The van der Waals surface area contributed by atoms with Gasteiger partial charge in [0.2, 0.25) is 5.91 Å². The molecule has 158 valence electrons. The van der Waals surface area contributed by atoms with Crippen LogP contribution in [0.5, 0.6) is 5.75 Å². The molecule has 1 saturated carbocycles. The maximum absolute atomic E-state index is 13.5. The number of nitrogens with one attached hydrogen (secondary N) is 1. The van der Waals surface area contributed by atoms with Crippen LogP contribution in [0.4, 0.5) is 11.4 Å². The van der Waals surface area contributed by atoms with Gasteiger partial charge in [0.25, 0.3) is 0 Å². The minimum atomic E-state index is -0.0599. The molecule has 0 aromatic heterocycles. The van der Waals surface area contributed by atoms with E-state index in [0.29, 0.717) is 6.04 Å². The Morgan fingerprint density at radius 1 is 1.07 bits per heavy atom. The first-order chi connectivity index (χ1) is 14.7. The van der Waals surface area contributed by atoms with E-state index < -0.39 is 0 Å². The van der Waals surface area contributed by atoms with Crippen LogP contribution >= 0.6 is 0 Å². The largest absolute Gasteiger partial charge is 0.497 e. The molecule has 30 heavy (non-hydrogen) atoms. The maximum atomic E-state index is 13.5. The Morgan fingerprint density at radius 3 is 2.73 bits per heavy atom. The minimum absolute atomic E-state index is 0.0599. The van der Waals surface area contributed by atoms with Crippen molar-refractivity contribution in [3.8, 4) is 5.75 Å². The number of amides is 1. The molecule has 2 heterocycles. The molecule has 5 nitrogen and oxygen atoms in total. The number of nitrogens with zero attached hydrogens (tertiary/aromatic N) is 2. The van der Waals surface area contributed by atoms with Gasteiger partial charge in [-0.2, -0.15) is 0 Å². The lowest BCUT2D eigenvalue weighted by molar-refractivity contribution is -0.121. The molecule has 0 bridgehead atoms. The molecule has 3 aliphatic rings. The average Bonchev–Trinajstić information content (AvgIpc) is 3.33. The van der Waals surface area contributed by atoms with Crippen molar-refractivity contribution < 1.29 is 9.53 Å². The van der Waals surface area contributed by atoms with Crippen molar-refractivity contribution in [2.24, 2.45) is 5.92 Å². The van der Waals surface area contributed by atoms with Gasteiger partial charge in [-0.3, -0.25) is 9.69 Å². The first-order valence-electron chi connectivity index (χ1n) is 11.3. The first kappa shape index (κ1) is 19.4. The van der Waals surface area contributed by atoms with E-state index in [1.54, 1.807) is 7.11 Å². The van der Waals surface area contributed by atoms with Gasteiger partial charge in [0.05, 0.1) is 19.1 Å². The Balaban J connectivity index is 1.41. The van der Waals surface area contributed by atoms with Gasteiger partial charge >= 0.3 is 0 Å². The average molecular weight is 406 g/mol. The first-order valence-corrected chi connectivity index (χ1v) is 11.3. The highest BCUT2D eigenvalue weighted by Gasteiger charge is 2.42. The Labute approximate surface area is 179 Å². The molecule has 5 heteroatoms. The van der Waals surface area contributed by atoms with Gasteiger partial charge in [0.15, 0.2) is 0 Å². The van der Waals surface area contributed by atoms with E-state index in [-0.39, 0.29) is 17.9 Å². The van der Waals surface area contributed by atoms with Gasteiger partial charge < -0.3 is 15.0 Å². The van der Waals surface area contributed by atoms with Gasteiger partial charge in [-0.25, -0.2) is 0 Å². The third-order valence-electron chi connectivity index (χ3n) is 7.17. The molecule has 2 aromatic rings. The summed E-state index contributed by atoms with van der Waals surface area (Å²) in [6.07, 6.45) is 6.11. The summed E-state index contributed by atoms with van der Waals surface area (Å²) in [7, 11) is 1.65. The molecule has 1 N–H and O–H groups in total. The zero-order valence-electron chi connectivity index (χ0n) is 17.7. The van der Waals surface area contributed by atoms with Crippen LogP contribution in [0.15, 0.2) is 48.5 Å². The van der Waals surface area contributed by atoms with Crippen LogP contribution in [0.3, 0.4) is 0 Å². The van der Waals surface area contributed by atoms with E-state index in [1.807, 2.05) is 24.3 Å². The number of piperazine rings is 1. The van der Waals surface area contributed by atoms with Crippen LogP contribution in [0.1, 0.15) is 31.2 Å². The van der Waals surface area contributed by atoms with E-state index in [1.165, 1.54) is 36.9 Å². The second kappa shape index (κ2) is 8.31. The summed E-state index contributed by atoms with van der Waals surface area (Å²) in [5.74, 6) is 0.810. The van der Waals surface area contributed by atoms with Crippen molar-refractivity contribution in [2.45, 2.75) is 44.2 Å². The Kier molecular flexibility index (Phi) is 5.38. The fourth-order valence-electron chi connectivity index (χ4n) is 5.62. The molecule has 1 aliphatic carbocycles. The number of benzene rings is 2. The molecular weight excluding hydrogens is 374 g/mol. The highest BCUT2D eigenvalue weighted by molar-refractivity contribution is 5.94. The van der Waals surface area contributed by atoms with Crippen LogP contribution in [0.2, 0.25) is 0 Å². The van der Waals surface area contributed by atoms with Crippen LogP contribution in [-0.4, -0.2) is 49.6 Å². The Bertz CT molecular complexity index is 909. The number of methoxy groups -OCH3 is 1. The normalized spacial score (nSPS) is 24.2. The molecule has 0 unspecified atom stereocenters. The van der Waals surface area contributed by atoms with Crippen molar-refractivity contribution in [3.63, 3.8) is 0 Å². The van der Waals surface area contributed by atoms with E-state index in [4.69, 9.17) is 4.74 Å². The number of carbonyl (C=O) groups is 1. The Hall–Kier alpha value is -2.53. The number of hydrogen-bond donors (Lipinski definition) is 1. The van der Waals surface area contributed by atoms with E-state index in [9.17, 15) is 4.79 Å². The summed E-state index contributed by atoms with van der Waals surface area (Å²) in [6.45, 7) is 3.08. The van der Waals surface area contributed by atoms with Crippen molar-refractivity contribution in [1.29, 1.82) is 0 Å². The van der Waals surface area contributed by atoms with Gasteiger partial charge in [0.1, 0.15) is 5.75 Å². The second-order valence-corrected chi connectivity index (χ2v) is 8.85. The Morgan fingerprint density at radius 2 is 1.90 bits per heavy atom. The molecule has 1 saturated heterocycles. The highest BCUT2D eigenvalue weighted by Crippen LogP contribution is 2.38. The molecule has 5 rings (SSSR count). The molecule has 1 amide bonds. The summed E-state index contributed by atoms with van der Waals surface area (Å²) in [4.78, 5) is 18.6. The zero-order valence-corrected chi connectivity index (χ0v) is 17.7. The van der Waals surface area contributed by atoms with Gasteiger partial charge in [-0.05, 0) is 43.0 Å². The lowest BCUT2D eigenvalue weighted by Gasteiger charge is -2.50. The SMILES string of the molecule is COc1cccc(NC(=O)[C@@H]2Cc3ccccc3N3CCN(C4CCCC4)C[C@H]23)c1. The predicted octanol–water partition coefficient (Wildman–Crippen LogP) is 3.94. The number of ether oxygens (including phenoxy) is 1. The van der Waals surface area contributed by atoms with Crippen LogP contribution in [-0.2, 0) is 11.2 Å². The van der Waals surface area contributed by atoms with Gasteiger partial charge in [0, 0.05) is 43.1 Å². The van der Waals surface area contributed by atoms with Crippen molar-refractivity contribution in [3.05, 3.63) is 54.1 Å². The number of rotatable bonds is 4. The molecule has 2 fully saturated rings. The van der Waals surface area contributed by atoms with Crippen LogP contribution in [0.25, 0.3) is 0 Å². The molecule has 0 radical (unpaired) electrons. The highest BCUT2D eigenvalue weighted by atomic mass is 16.5. The third-order valence-corrected chi connectivity index (χ3v) is 7.17. The smallest absolute Gasteiger partial charge is 0.229 e. The summed E-state index contributed by atoms with van der Waals surface area (Å²) in [5, 5.41) is 3.17. The zero-order chi connectivity index (χ0) is 20.5. The standard InChI is InChI=1S/C25H31N3O2/c1-30-21-11-6-8-19(16-21)26-25(29)22-15-18-7-2-5-12-23(18)28-14-13-27(17-24(22)28)20-9-3-4-10-20/h2,5-8,11-12,16,20,22,24H,3-4,9-10,13-15,17H2,1H3,(H,26,29)/t22-,24-/m1/s1. The van der Waals surface area contributed by atoms with Crippen molar-refractivity contribution in [2.75, 3.05) is 37.0 Å². The summed E-state index contributed by atoms with van der Waals surface area (Å²) in [6, 6.07) is 17.2. The number of hydrogen-bond acceptors (Lipinski definition) is 4. The second-order valence-electron chi connectivity index (χ2n) is 8.85. The van der Waals surface area contributed by atoms with Gasteiger partial charge in [-0.15, -0.1) is 0 Å². The number of para-hydroxylation sites is 1. The summed E-state index contributed by atoms with van der Waals surface area (Å²) < 4.78 is 5.32. The summed E-state index contributed by atoms with van der Waals surface area (Å²) >= 11 is 0. The van der Waals surface area contributed by atoms with E-state index in [0.717, 1.165) is 37.5 Å². The van der Waals surface area contributed by atoms with Crippen molar-refractivity contribution >= 4 is 17.3 Å². The molecular formula is C25H31N3O2. The van der Waals surface area contributed by atoms with Gasteiger partial charge in [-0.1, -0.05) is 37.1 Å². The molecule has 2 atom stereocenters. The minimum Gasteiger partial charge on any atom is -0.497 e. The maximum Gasteiger partial charge on any atom is 0.229 e. The summed E-state index contributed by atoms with van der Waals surface area (Å²) in [5.41, 5.74) is 3.40.